The van der Waals surface area contributed by atoms with Crippen LogP contribution in [-0.4, -0.2) is 13.3 Å². The van der Waals surface area contributed by atoms with Crippen LogP contribution in [0.1, 0.15) is 46.2 Å². The van der Waals surface area contributed by atoms with Crippen LogP contribution < -0.4 is 14.8 Å². The second-order valence-corrected chi connectivity index (χ2v) is 10.8. The molecule has 0 bridgehead atoms. The Bertz CT molecular complexity index is 1580. The van der Waals surface area contributed by atoms with Crippen LogP contribution in [-0.2, 0) is 6.61 Å². The van der Waals surface area contributed by atoms with E-state index in [-0.39, 0.29) is 18.5 Å². The maximum Gasteiger partial charge on any atom is 0.180 e. The van der Waals surface area contributed by atoms with Crippen LogP contribution in [0.25, 0.3) is 0 Å². The summed E-state index contributed by atoms with van der Waals surface area (Å²) in [5, 5.41) is 4.21. The third kappa shape index (κ3) is 5.34. The molecule has 40 heavy (non-hydrogen) atoms. The summed E-state index contributed by atoms with van der Waals surface area (Å²) in [5.74, 6) is 1.60. The van der Waals surface area contributed by atoms with Crippen LogP contribution >= 0.6 is 11.6 Å². The molecule has 0 saturated heterocycles. The van der Waals surface area contributed by atoms with E-state index >= 15 is 0 Å². The fraction of sp³-hybridized carbons (Fsp3) is 0.206. The number of nitrogens with zero attached hydrogens (tertiary/aromatic N) is 1. The highest BCUT2D eigenvalue weighted by atomic mass is 35.5. The van der Waals surface area contributed by atoms with Gasteiger partial charge >= 0.3 is 0 Å². The molecule has 1 aliphatic carbocycles. The van der Waals surface area contributed by atoms with Gasteiger partial charge in [0.1, 0.15) is 12.4 Å². The Labute approximate surface area is 239 Å². The zero-order valence-corrected chi connectivity index (χ0v) is 23.2. The first-order valence-corrected chi connectivity index (χ1v) is 13.8. The molecule has 4 aromatic carbocycles. The minimum absolute atomic E-state index is 0.245. The van der Waals surface area contributed by atoms with E-state index in [0.717, 1.165) is 23.2 Å². The molecule has 202 valence electrons. The van der Waals surface area contributed by atoms with Crippen molar-refractivity contribution in [1.29, 1.82) is 0 Å². The monoisotopic (exact) mass is 552 g/mol. The van der Waals surface area contributed by atoms with Gasteiger partial charge in [0.2, 0.25) is 0 Å². The third-order valence-corrected chi connectivity index (χ3v) is 7.96. The summed E-state index contributed by atoms with van der Waals surface area (Å²) in [5.41, 5.74) is 7.65. The van der Waals surface area contributed by atoms with Crippen molar-refractivity contribution in [1.82, 2.24) is 0 Å². The lowest BCUT2D eigenvalue weighted by Gasteiger charge is -2.37. The second kappa shape index (κ2) is 11.2. The SMILES string of the molecule is COc1cc(C=Nc2ccc([C@@H]3Nc4ccc(C)cc4[C@@H]4C=CC[C@H]43)cc2)cc(Cl)c1OCc1ccc(F)cc1. The normalized spacial score (nSPS) is 19.2. The molecule has 0 fully saturated rings. The zero-order valence-electron chi connectivity index (χ0n) is 22.4. The van der Waals surface area contributed by atoms with Gasteiger partial charge in [-0.15, -0.1) is 0 Å². The number of fused-ring (bicyclic) bond motifs is 3. The maximum atomic E-state index is 13.2. The number of nitrogens with one attached hydrogen (secondary N) is 1. The van der Waals surface area contributed by atoms with E-state index in [1.165, 1.54) is 34.5 Å². The van der Waals surface area contributed by atoms with Gasteiger partial charge in [-0.1, -0.05) is 65.7 Å². The molecule has 0 spiro atoms. The fourth-order valence-electron chi connectivity index (χ4n) is 5.65. The summed E-state index contributed by atoms with van der Waals surface area (Å²) < 4.78 is 24.6. The van der Waals surface area contributed by atoms with Crippen molar-refractivity contribution in [2.75, 3.05) is 12.4 Å². The lowest BCUT2D eigenvalue weighted by Crippen LogP contribution is -2.29. The molecule has 3 atom stereocenters. The number of methoxy groups -OCH3 is 1. The molecule has 4 nitrogen and oxygen atoms in total. The highest BCUT2D eigenvalue weighted by molar-refractivity contribution is 6.32. The van der Waals surface area contributed by atoms with Gasteiger partial charge in [-0.25, -0.2) is 4.39 Å². The van der Waals surface area contributed by atoms with Gasteiger partial charge in [0.05, 0.1) is 23.9 Å². The van der Waals surface area contributed by atoms with Crippen LogP contribution in [0.3, 0.4) is 0 Å². The van der Waals surface area contributed by atoms with Crippen molar-refractivity contribution in [3.63, 3.8) is 0 Å². The molecule has 4 aromatic rings. The zero-order chi connectivity index (χ0) is 27.6. The second-order valence-electron chi connectivity index (χ2n) is 10.4. The summed E-state index contributed by atoms with van der Waals surface area (Å²) in [4.78, 5) is 4.67. The number of hydrogen-bond donors (Lipinski definition) is 1. The molecule has 0 aromatic heterocycles. The molecule has 0 radical (unpaired) electrons. The molecule has 2 aliphatic rings. The molecule has 0 amide bonds. The van der Waals surface area contributed by atoms with Crippen molar-refractivity contribution >= 4 is 29.2 Å². The van der Waals surface area contributed by atoms with E-state index < -0.39 is 0 Å². The predicted octanol–water partition coefficient (Wildman–Crippen LogP) is 8.95. The molecule has 0 unspecified atom stereocenters. The molecular weight excluding hydrogens is 523 g/mol. The Balaban J connectivity index is 1.16. The Kier molecular flexibility index (Phi) is 7.31. The van der Waals surface area contributed by atoms with E-state index in [4.69, 9.17) is 21.1 Å². The van der Waals surface area contributed by atoms with Crippen molar-refractivity contribution < 1.29 is 13.9 Å². The number of allylic oxidation sites excluding steroid dienone is 2. The number of benzene rings is 4. The summed E-state index contributed by atoms with van der Waals surface area (Å²) in [6, 6.07) is 25.2. The van der Waals surface area contributed by atoms with E-state index in [2.05, 4.69) is 71.8 Å². The fourth-order valence-corrected chi connectivity index (χ4v) is 5.92. The average Bonchev–Trinajstić information content (AvgIpc) is 3.47. The van der Waals surface area contributed by atoms with Crippen LogP contribution in [0.15, 0.2) is 96.0 Å². The molecular formula is C34H30ClFN2O2. The number of ether oxygens (including phenoxy) is 2. The first kappa shape index (κ1) is 26.1. The third-order valence-electron chi connectivity index (χ3n) is 7.68. The standard InChI is InChI=1S/C34H30ClFN2O2/c1-21-6-15-31-29(16-21)27-4-3-5-28(27)33(38-31)24-9-13-26(14-10-24)37-19-23-17-30(35)34(32(18-23)39-2)40-20-22-7-11-25(36)12-8-22/h3-4,6-19,27-28,33,38H,5,20H2,1-2H3/t27-,28-,33+/m1/s1. The Hall–Kier alpha value is -4.09. The molecule has 0 saturated carbocycles. The van der Waals surface area contributed by atoms with Crippen LogP contribution in [0.5, 0.6) is 11.5 Å². The summed E-state index contributed by atoms with van der Waals surface area (Å²) in [6.07, 6.45) is 7.52. The van der Waals surface area contributed by atoms with E-state index in [9.17, 15) is 4.39 Å². The molecule has 6 heteroatoms. The van der Waals surface area contributed by atoms with Crippen LogP contribution in [0.4, 0.5) is 15.8 Å². The van der Waals surface area contributed by atoms with E-state index in [1.807, 2.05) is 6.07 Å². The van der Waals surface area contributed by atoms with Crippen LogP contribution in [0.2, 0.25) is 5.02 Å². The van der Waals surface area contributed by atoms with Crippen molar-refractivity contribution in [3.05, 3.63) is 130 Å². The summed E-state index contributed by atoms with van der Waals surface area (Å²) >= 11 is 6.54. The predicted molar refractivity (Wildman–Crippen MR) is 160 cm³/mol. The Morgan fingerprint density at radius 3 is 2.60 bits per heavy atom. The van der Waals surface area contributed by atoms with Gasteiger partial charge in [0, 0.05) is 17.8 Å². The quantitative estimate of drug-likeness (QED) is 0.184. The number of hydrogen-bond acceptors (Lipinski definition) is 4. The van der Waals surface area contributed by atoms with Gasteiger partial charge in [0.15, 0.2) is 11.5 Å². The highest BCUT2D eigenvalue weighted by Crippen LogP contribution is 2.50. The molecule has 1 heterocycles. The van der Waals surface area contributed by atoms with Gasteiger partial charge in [-0.3, -0.25) is 4.99 Å². The van der Waals surface area contributed by atoms with Gasteiger partial charge in [-0.2, -0.15) is 0 Å². The lowest BCUT2D eigenvalue weighted by molar-refractivity contribution is 0.284. The largest absolute Gasteiger partial charge is 0.493 e. The first-order valence-electron chi connectivity index (χ1n) is 13.4. The Morgan fingerprint density at radius 1 is 1.02 bits per heavy atom. The van der Waals surface area contributed by atoms with Crippen LogP contribution in [0, 0.1) is 18.7 Å². The number of anilines is 1. The highest BCUT2D eigenvalue weighted by Gasteiger charge is 2.37. The van der Waals surface area contributed by atoms with E-state index in [1.54, 1.807) is 31.5 Å². The minimum atomic E-state index is -0.288. The van der Waals surface area contributed by atoms with Crippen molar-refractivity contribution in [2.45, 2.75) is 31.9 Å². The topological polar surface area (TPSA) is 42.8 Å². The maximum absolute atomic E-state index is 13.2. The van der Waals surface area contributed by atoms with Crippen molar-refractivity contribution in [2.24, 2.45) is 10.9 Å². The summed E-state index contributed by atoms with van der Waals surface area (Å²) in [7, 11) is 1.57. The first-order chi connectivity index (χ1) is 19.5. The van der Waals surface area contributed by atoms with Gasteiger partial charge in [0.25, 0.3) is 0 Å². The summed E-state index contributed by atoms with van der Waals surface area (Å²) in [6.45, 7) is 2.40. The Morgan fingerprint density at radius 2 is 1.82 bits per heavy atom. The molecule has 6 rings (SSSR count). The molecule has 1 aliphatic heterocycles. The number of rotatable bonds is 7. The smallest absolute Gasteiger partial charge is 0.180 e. The lowest BCUT2D eigenvalue weighted by atomic mass is 9.76. The van der Waals surface area contributed by atoms with Gasteiger partial charge < -0.3 is 14.8 Å². The van der Waals surface area contributed by atoms with Gasteiger partial charge in [-0.05, 0) is 84.0 Å². The number of halogens is 2. The van der Waals surface area contributed by atoms with E-state index in [0.29, 0.717) is 28.4 Å². The van der Waals surface area contributed by atoms with Crippen molar-refractivity contribution in [3.8, 4) is 11.5 Å². The molecule has 1 N–H and O–H groups in total. The number of aliphatic imine (C=N–C) groups is 1. The average molecular weight is 553 g/mol. The minimum Gasteiger partial charge on any atom is -0.493 e. The number of aryl methyl sites for hydroxylation is 1.